The van der Waals surface area contributed by atoms with Gasteiger partial charge < -0.3 is 16.4 Å². The first-order valence-electron chi connectivity index (χ1n) is 5.73. The fourth-order valence-electron chi connectivity index (χ4n) is 1.31. The van der Waals surface area contributed by atoms with Crippen molar-refractivity contribution in [2.75, 3.05) is 12.4 Å². The van der Waals surface area contributed by atoms with Crippen LogP contribution in [0.4, 0.5) is 5.69 Å². The number of nitrogens with one attached hydrogen (secondary N) is 2. The van der Waals surface area contributed by atoms with E-state index < -0.39 is 5.54 Å². The summed E-state index contributed by atoms with van der Waals surface area (Å²) in [5.41, 5.74) is 5.99. The predicted molar refractivity (Wildman–Crippen MR) is 71.1 cm³/mol. The Morgan fingerprint density at radius 3 is 2.22 bits per heavy atom. The number of amides is 2. The van der Waals surface area contributed by atoms with Gasteiger partial charge in [0.1, 0.15) is 0 Å². The minimum atomic E-state index is -0.633. The molecule has 0 atom stereocenters. The summed E-state index contributed by atoms with van der Waals surface area (Å²) in [5, 5.41) is 5.72. The molecule has 2 amide bonds. The molecule has 0 radical (unpaired) electrons. The number of nitrogens with two attached hydrogens (primary N) is 1. The number of carbonyl (C=O) groups is 2. The summed E-state index contributed by atoms with van der Waals surface area (Å²) in [5.74, 6) is -0.490. The Balaban J connectivity index is 2.69. The van der Waals surface area contributed by atoms with Crippen LogP contribution in [-0.4, -0.2) is 24.4 Å². The van der Waals surface area contributed by atoms with Crippen molar-refractivity contribution in [2.45, 2.75) is 25.8 Å². The number of hydrogen-bond donors (Lipinski definition) is 3. The number of benzene rings is 1. The lowest BCUT2D eigenvalue weighted by atomic mass is 10.0. The van der Waals surface area contributed by atoms with Gasteiger partial charge in [0.2, 0.25) is 11.8 Å². The van der Waals surface area contributed by atoms with Crippen LogP contribution >= 0.6 is 0 Å². The lowest BCUT2D eigenvalue weighted by molar-refractivity contribution is -0.121. The van der Waals surface area contributed by atoms with Crippen molar-refractivity contribution in [3.05, 3.63) is 29.8 Å². The number of likely N-dealkylation sites (N-methyl/N-ethyl adjacent to an activating group) is 1. The van der Waals surface area contributed by atoms with Gasteiger partial charge in [-0.05, 0) is 38.6 Å². The minimum Gasteiger partial charge on any atom is -0.369 e. The molecule has 0 unspecified atom stereocenters. The maximum atomic E-state index is 11.9. The van der Waals surface area contributed by atoms with E-state index in [0.29, 0.717) is 5.69 Å². The highest BCUT2D eigenvalue weighted by Crippen LogP contribution is 2.12. The average Bonchev–Trinajstić information content (AvgIpc) is 2.31. The third kappa shape index (κ3) is 3.85. The van der Waals surface area contributed by atoms with E-state index >= 15 is 0 Å². The van der Waals surface area contributed by atoms with E-state index in [0.717, 1.165) is 5.56 Å². The lowest BCUT2D eigenvalue weighted by Crippen LogP contribution is -2.47. The van der Waals surface area contributed by atoms with E-state index in [1.54, 1.807) is 45.2 Å². The molecular formula is C13H19N3O2. The summed E-state index contributed by atoms with van der Waals surface area (Å²) >= 11 is 0. The topological polar surface area (TPSA) is 84.2 Å². The van der Waals surface area contributed by atoms with Gasteiger partial charge in [0.15, 0.2) is 0 Å². The molecule has 0 fully saturated rings. The Bertz CT molecular complexity index is 438. The Kier molecular flexibility index (Phi) is 4.44. The van der Waals surface area contributed by atoms with Crippen molar-refractivity contribution in [1.82, 2.24) is 5.32 Å². The summed E-state index contributed by atoms with van der Waals surface area (Å²) in [6.45, 7) is 3.59. The summed E-state index contributed by atoms with van der Waals surface area (Å²) in [4.78, 5) is 22.6. The molecule has 4 N–H and O–H groups in total. The molecule has 0 saturated carbocycles. The van der Waals surface area contributed by atoms with Gasteiger partial charge in [-0.25, -0.2) is 0 Å². The standard InChI is InChI=1S/C13H19N3O2/c1-13(2,15-3)12(18)16-10-6-4-9(5-7-10)8-11(14)17/h4-7,15H,8H2,1-3H3,(H2,14,17)(H,16,18). The second kappa shape index (κ2) is 5.64. The highest BCUT2D eigenvalue weighted by molar-refractivity contribution is 5.97. The van der Waals surface area contributed by atoms with Gasteiger partial charge >= 0.3 is 0 Å². The zero-order chi connectivity index (χ0) is 13.8. The second-order valence-corrected chi connectivity index (χ2v) is 4.67. The molecule has 0 heterocycles. The Labute approximate surface area is 107 Å². The molecule has 0 aliphatic rings. The van der Waals surface area contributed by atoms with Crippen LogP contribution in [0.2, 0.25) is 0 Å². The first-order chi connectivity index (χ1) is 8.35. The quantitative estimate of drug-likeness (QED) is 0.716. The fraction of sp³-hybridized carbons (Fsp3) is 0.385. The van der Waals surface area contributed by atoms with Gasteiger partial charge in [-0.2, -0.15) is 0 Å². The highest BCUT2D eigenvalue weighted by Gasteiger charge is 2.24. The molecule has 5 heteroatoms. The van der Waals surface area contributed by atoms with Crippen molar-refractivity contribution in [3.63, 3.8) is 0 Å². The Morgan fingerprint density at radius 1 is 1.22 bits per heavy atom. The number of anilines is 1. The van der Waals surface area contributed by atoms with Crippen LogP contribution in [0.15, 0.2) is 24.3 Å². The Morgan fingerprint density at radius 2 is 1.78 bits per heavy atom. The maximum absolute atomic E-state index is 11.9. The van der Waals surface area contributed by atoms with Crippen LogP contribution in [0.25, 0.3) is 0 Å². The van der Waals surface area contributed by atoms with Crippen LogP contribution < -0.4 is 16.4 Å². The molecule has 1 aromatic rings. The summed E-state index contributed by atoms with van der Waals surface area (Å²) < 4.78 is 0. The van der Waals surface area contributed by atoms with Gasteiger partial charge in [-0.3, -0.25) is 9.59 Å². The van der Waals surface area contributed by atoms with Crippen LogP contribution in [0, 0.1) is 0 Å². The smallest absolute Gasteiger partial charge is 0.244 e. The zero-order valence-corrected chi connectivity index (χ0v) is 10.9. The largest absolute Gasteiger partial charge is 0.369 e. The van der Waals surface area contributed by atoms with Gasteiger partial charge in [0.25, 0.3) is 0 Å². The third-order valence-electron chi connectivity index (χ3n) is 2.78. The summed E-state index contributed by atoms with van der Waals surface area (Å²) in [6.07, 6.45) is 0.205. The van der Waals surface area contributed by atoms with Gasteiger partial charge in [0, 0.05) is 5.69 Å². The monoisotopic (exact) mass is 249 g/mol. The minimum absolute atomic E-state index is 0.118. The molecule has 0 spiro atoms. The van der Waals surface area contributed by atoms with Gasteiger partial charge in [-0.1, -0.05) is 12.1 Å². The normalized spacial score (nSPS) is 11.1. The molecule has 1 rings (SSSR count). The molecule has 1 aromatic carbocycles. The highest BCUT2D eigenvalue weighted by atomic mass is 16.2. The maximum Gasteiger partial charge on any atom is 0.244 e. The van der Waals surface area contributed by atoms with Crippen molar-refractivity contribution in [2.24, 2.45) is 5.73 Å². The van der Waals surface area contributed by atoms with Crippen molar-refractivity contribution in [3.8, 4) is 0 Å². The second-order valence-electron chi connectivity index (χ2n) is 4.67. The SMILES string of the molecule is CNC(C)(C)C(=O)Nc1ccc(CC(N)=O)cc1. The van der Waals surface area contributed by atoms with Gasteiger partial charge in [0.05, 0.1) is 12.0 Å². The molecule has 0 saturated heterocycles. The van der Waals surface area contributed by atoms with E-state index in [2.05, 4.69) is 10.6 Å². The fourth-order valence-corrected chi connectivity index (χ4v) is 1.31. The number of hydrogen-bond acceptors (Lipinski definition) is 3. The molecule has 98 valence electrons. The van der Waals surface area contributed by atoms with Crippen molar-refractivity contribution in [1.29, 1.82) is 0 Å². The zero-order valence-electron chi connectivity index (χ0n) is 10.9. The molecule has 0 aromatic heterocycles. The number of primary amides is 1. The lowest BCUT2D eigenvalue weighted by Gasteiger charge is -2.22. The summed E-state index contributed by atoms with van der Waals surface area (Å²) in [6, 6.07) is 7.04. The van der Waals surface area contributed by atoms with E-state index in [9.17, 15) is 9.59 Å². The molecule has 0 aliphatic carbocycles. The van der Waals surface area contributed by atoms with Crippen LogP contribution in [0.3, 0.4) is 0 Å². The van der Waals surface area contributed by atoms with Crippen molar-refractivity contribution < 1.29 is 9.59 Å². The van der Waals surface area contributed by atoms with E-state index in [1.165, 1.54) is 0 Å². The van der Waals surface area contributed by atoms with Crippen LogP contribution in [-0.2, 0) is 16.0 Å². The molecule has 5 nitrogen and oxygen atoms in total. The third-order valence-corrected chi connectivity index (χ3v) is 2.78. The molecule has 18 heavy (non-hydrogen) atoms. The van der Waals surface area contributed by atoms with E-state index in [4.69, 9.17) is 5.73 Å². The number of rotatable bonds is 5. The van der Waals surface area contributed by atoms with Crippen LogP contribution in [0.1, 0.15) is 19.4 Å². The van der Waals surface area contributed by atoms with Gasteiger partial charge in [-0.15, -0.1) is 0 Å². The number of carbonyl (C=O) groups excluding carboxylic acids is 2. The van der Waals surface area contributed by atoms with Crippen LogP contribution in [0.5, 0.6) is 0 Å². The summed E-state index contributed by atoms with van der Waals surface area (Å²) in [7, 11) is 1.73. The van der Waals surface area contributed by atoms with E-state index in [1.807, 2.05) is 0 Å². The molecule has 0 bridgehead atoms. The Hall–Kier alpha value is -1.88. The average molecular weight is 249 g/mol. The molecular weight excluding hydrogens is 230 g/mol. The van der Waals surface area contributed by atoms with E-state index in [-0.39, 0.29) is 18.2 Å². The van der Waals surface area contributed by atoms with Crippen molar-refractivity contribution >= 4 is 17.5 Å². The first-order valence-corrected chi connectivity index (χ1v) is 5.73. The predicted octanol–water partition coefficient (Wildman–Crippen LogP) is 0.651. The first kappa shape index (κ1) is 14.2. The molecule has 0 aliphatic heterocycles.